The van der Waals surface area contributed by atoms with Crippen LogP contribution in [-0.2, 0) is 11.2 Å². The summed E-state index contributed by atoms with van der Waals surface area (Å²) in [5.41, 5.74) is 2.81. The van der Waals surface area contributed by atoms with Gasteiger partial charge in [0.1, 0.15) is 0 Å². The van der Waals surface area contributed by atoms with Crippen molar-refractivity contribution in [1.29, 1.82) is 0 Å². The first kappa shape index (κ1) is 17.6. The topological polar surface area (TPSA) is 48.9 Å². The summed E-state index contributed by atoms with van der Waals surface area (Å²) >= 11 is 0. The molecule has 2 unspecified atom stereocenters. The van der Waals surface area contributed by atoms with Gasteiger partial charge in [0, 0.05) is 38.0 Å². The minimum atomic E-state index is 0.240. The summed E-state index contributed by atoms with van der Waals surface area (Å²) in [5.74, 6) is 0.859. The maximum absolute atomic E-state index is 5.17. The molecule has 128 valence electrons. The number of hydrogen-bond acceptors (Lipinski definition) is 3. The maximum atomic E-state index is 5.17. The molecule has 0 fully saturated rings. The van der Waals surface area contributed by atoms with Gasteiger partial charge >= 0.3 is 0 Å². The van der Waals surface area contributed by atoms with E-state index in [-0.39, 0.29) is 6.04 Å². The minimum absolute atomic E-state index is 0.240. The Bertz CT molecular complexity index is 517. The van der Waals surface area contributed by atoms with Crippen molar-refractivity contribution in [1.82, 2.24) is 10.6 Å². The molecule has 2 rings (SSSR count). The average Bonchev–Trinajstić information content (AvgIpc) is 2.83. The van der Waals surface area contributed by atoms with Gasteiger partial charge in [0.05, 0.1) is 13.2 Å². The molecule has 0 saturated heterocycles. The van der Waals surface area contributed by atoms with Crippen LogP contribution in [0.4, 0.5) is 5.69 Å². The summed E-state index contributed by atoms with van der Waals surface area (Å²) < 4.78 is 5.17. The molecule has 0 amide bonds. The minimum Gasteiger partial charge on any atom is -0.383 e. The fourth-order valence-corrected chi connectivity index (χ4v) is 3.08. The first-order chi connectivity index (χ1) is 11.2. The van der Waals surface area contributed by atoms with Crippen LogP contribution in [0.5, 0.6) is 0 Å². The molecule has 0 saturated carbocycles. The van der Waals surface area contributed by atoms with Crippen LogP contribution in [-0.4, -0.2) is 51.4 Å². The van der Waals surface area contributed by atoms with Gasteiger partial charge in [-0.15, -0.1) is 0 Å². The Morgan fingerprint density at radius 2 is 2.22 bits per heavy atom. The van der Waals surface area contributed by atoms with Crippen LogP contribution >= 0.6 is 0 Å². The molecule has 2 atom stereocenters. The number of para-hydroxylation sites is 1. The number of hydrogen-bond donors (Lipinski definition) is 2. The van der Waals surface area contributed by atoms with E-state index in [1.54, 1.807) is 7.11 Å². The Labute approximate surface area is 140 Å². The number of anilines is 1. The molecule has 0 aliphatic carbocycles. The van der Waals surface area contributed by atoms with Gasteiger partial charge in [-0.25, -0.2) is 0 Å². The second kappa shape index (κ2) is 8.77. The molecule has 0 aromatic heterocycles. The van der Waals surface area contributed by atoms with E-state index in [1.807, 2.05) is 0 Å². The summed E-state index contributed by atoms with van der Waals surface area (Å²) in [6.45, 7) is 9.69. The third-order valence-electron chi connectivity index (χ3n) is 4.10. The van der Waals surface area contributed by atoms with E-state index in [9.17, 15) is 0 Å². The van der Waals surface area contributed by atoms with Crippen molar-refractivity contribution in [2.75, 3.05) is 38.3 Å². The number of methoxy groups -OCH3 is 1. The quantitative estimate of drug-likeness (QED) is 0.596. The second-order valence-corrected chi connectivity index (χ2v) is 6.14. The summed E-state index contributed by atoms with van der Waals surface area (Å²) in [5, 5.41) is 6.66. The van der Waals surface area contributed by atoms with Crippen molar-refractivity contribution in [3.63, 3.8) is 0 Å². The first-order valence-electron chi connectivity index (χ1n) is 8.54. The van der Waals surface area contributed by atoms with Gasteiger partial charge in [-0.2, -0.15) is 0 Å². The fraction of sp³-hybridized carbons (Fsp3) is 0.611. The number of benzene rings is 1. The first-order valence-corrected chi connectivity index (χ1v) is 8.54. The van der Waals surface area contributed by atoms with Crippen molar-refractivity contribution in [2.24, 2.45) is 4.99 Å². The monoisotopic (exact) mass is 318 g/mol. The van der Waals surface area contributed by atoms with Gasteiger partial charge in [0.25, 0.3) is 0 Å². The van der Waals surface area contributed by atoms with Crippen LogP contribution in [0.1, 0.15) is 26.3 Å². The number of nitrogens with zero attached hydrogens (tertiary/aromatic N) is 2. The zero-order valence-electron chi connectivity index (χ0n) is 14.8. The fourth-order valence-electron chi connectivity index (χ4n) is 3.08. The summed E-state index contributed by atoms with van der Waals surface area (Å²) in [6.07, 6.45) is 1.13. The largest absolute Gasteiger partial charge is 0.383 e. The van der Waals surface area contributed by atoms with Crippen molar-refractivity contribution < 1.29 is 4.74 Å². The Kier molecular flexibility index (Phi) is 6.71. The predicted octanol–water partition coefficient (Wildman–Crippen LogP) is 2.03. The maximum Gasteiger partial charge on any atom is 0.191 e. The zero-order valence-corrected chi connectivity index (χ0v) is 14.8. The van der Waals surface area contributed by atoms with Crippen LogP contribution in [0.25, 0.3) is 0 Å². The van der Waals surface area contributed by atoms with Gasteiger partial charge < -0.3 is 20.3 Å². The number of rotatable bonds is 7. The van der Waals surface area contributed by atoms with Crippen LogP contribution in [0.3, 0.4) is 0 Å². The van der Waals surface area contributed by atoms with Crippen molar-refractivity contribution in [2.45, 2.75) is 39.3 Å². The molecule has 1 aromatic carbocycles. The van der Waals surface area contributed by atoms with Crippen LogP contribution in [0.2, 0.25) is 0 Å². The number of fused-ring (bicyclic) bond motifs is 1. The molecule has 0 radical (unpaired) electrons. The molecule has 5 heteroatoms. The summed E-state index contributed by atoms with van der Waals surface area (Å²) in [7, 11) is 1.72. The number of nitrogens with one attached hydrogen (secondary N) is 2. The van der Waals surface area contributed by atoms with Crippen molar-refractivity contribution >= 4 is 11.6 Å². The molecular weight excluding hydrogens is 288 g/mol. The summed E-state index contributed by atoms with van der Waals surface area (Å²) in [4.78, 5) is 7.16. The molecule has 1 heterocycles. The van der Waals surface area contributed by atoms with E-state index in [1.165, 1.54) is 11.3 Å². The van der Waals surface area contributed by atoms with Gasteiger partial charge in [-0.3, -0.25) is 4.99 Å². The molecule has 5 nitrogen and oxygen atoms in total. The second-order valence-electron chi connectivity index (χ2n) is 6.14. The average molecular weight is 318 g/mol. The van der Waals surface area contributed by atoms with Gasteiger partial charge in [-0.1, -0.05) is 18.2 Å². The van der Waals surface area contributed by atoms with E-state index in [0.717, 1.165) is 32.0 Å². The lowest BCUT2D eigenvalue weighted by molar-refractivity contribution is 0.179. The molecule has 2 N–H and O–H groups in total. The Morgan fingerprint density at radius 1 is 1.43 bits per heavy atom. The molecule has 0 bridgehead atoms. The molecule has 0 spiro atoms. The Balaban J connectivity index is 1.92. The van der Waals surface area contributed by atoms with E-state index >= 15 is 0 Å². The molecular formula is C18H30N4O. The zero-order chi connectivity index (χ0) is 16.7. The lowest BCUT2D eigenvalue weighted by Crippen LogP contribution is -2.44. The van der Waals surface area contributed by atoms with Crippen molar-refractivity contribution in [3.8, 4) is 0 Å². The lowest BCUT2D eigenvalue weighted by atomic mass is 10.1. The van der Waals surface area contributed by atoms with E-state index in [4.69, 9.17) is 9.73 Å². The normalized spacial score (nSPS) is 18.7. The number of guanidine groups is 1. The molecule has 1 aliphatic heterocycles. The smallest absolute Gasteiger partial charge is 0.191 e. The highest BCUT2D eigenvalue weighted by Gasteiger charge is 2.24. The standard InChI is InChI=1S/C18H30N4O/c1-5-19-18(21-14(2)13-23-4)20-10-11-22-15(3)12-16-8-6-7-9-17(16)22/h6-9,14-15H,5,10-13H2,1-4H3,(H2,19,20,21). The predicted molar refractivity (Wildman–Crippen MR) is 97.4 cm³/mol. The Hall–Kier alpha value is -1.75. The third-order valence-corrected chi connectivity index (χ3v) is 4.10. The lowest BCUT2D eigenvalue weighted by Gasteiger charge is -2.24. The summed E-state index contributed by atoms with van der Waals surface area (Å²) in [6, 6.07) is 9.47. The number of ether oxygens (including phenoxy) is 1. The highest BCUT2D eigenvalue weighted by molar-refractivity contribution is 5.80. The van der Waals surface area contributed by atoms with Crippen molar-refractivity contribution in [3.05, 3.63) is 29.8 Å². The third kappa shape index (κ3) is 4.86. The highest BCUT2D eigenvalue weighted by Crippen LogP contribution is 2.31. The van der Waals surface area contributed by atoms with E-state index < -0.39 is 0 Å². The van der Waals surface area contributed by atoms with Gasteiger partial charge in [-0.05, 0) is 38.8 Å². The van der Waals surface area contributed by atoms with Crippen LogP contribution in [0, 0.1) is 0 Å². The number of aliphatic imine (C=N–C) groups is 1. The van der Waals surface area contributed by atoms with Crippen LogP contribution < -0.4 is 15.5 Å². The van der Waals surface area contributed by atoms with Gasteiger partial charge in [0.2, 0.25) is 0 Å². The molecule has 23 heavy (non-hydrogen) atoms. The molecule has 1 aliphatic rings. The highest BCUT2D eigenvalue weighted by atomic mass is 16.5. The molecule has 1 aromatic rings. The Morgan fingerprint density at radius 3 is 2.96 bits per heavy atom. The van der Waals surface area contributed by atoms with E-state index in [0.29, 0.717) is 12.6 Å². The van der Waals surface area contributed by atoms with Gasteiger partial charge in [0.15, 0.2) is 5.96 Å². The van der Waals surface area contributed by atoms with Crippen LogP contribution in [0.15, 0.2) is 29.3 Å². The van der Waals surface area contributed by atoms with E-state index in [2.05, 4.69) is 60.6 Å². The SMILES string of the molecule is CCNC(=NCCN1c2ccccc2CC1C)NC(C)COC.